The quantitative estimate of drug-likeness (QED) is 0.466. The van der Waals surface area contributed by atoms with Crippen LogP contribution in [-0.4, -0.2) is 78.5 Å². The molecule has 1 atom stereocenters. The number of nitriles is 1. The monoisotopic (exact) mass is 563 g/mol. The summed E-state index contributed by atoms with van der Waals surface area (Å²) in [5.74, 6) is 0.690. The Morgan fingerprint density at radius 2 is 1.86 bits per heavy atom. The van der Waals surface area contributed by atoms with Crippen LogP contribution in [0, 0.1) is 11.3 Å². The lowest BCUT2D eigenvalue weighted by Crippen LogP contribution is -2.49. The second-order valence-electron chi connectivity index (χ2n) is 10.8. The molecule has 0 aliphatic carbocycles. The molecule has 1 N–H and O–H groups in total. The summed E-state index contributed by atoms with van der Waals surface area (Å²) in [6, 6.07) is 15.3. The molecule has 11 heteroatoms. The lowest BCUT2D eigenvalue weighted by molar-refractivity contribution is -0.114. The predicted molar refractivity (Wildman–Crippen MR) is 162 cm³/mol. The zero-order valence-corrected chi connectivity index (χ0v) is 23.8. The summed E-state index contributed by atoms with van der Waals surface area (Å²) in [6.45, 7) is 8.41. The first-order chi connectivity index (χ1) is 20.4. The lowest BCUT2D eigenvalue weighted by Gasteiger charge is -2.43. The Morgan fingerprint density at radius 3 is 2.57 bits per heavy atom. The Bertz CT molecular complexity index is 1570. The molecule has 214 valence electrons. The van der Waals surface area contributed by atoms with E-state index >= 15 is 0 Å². The molecule has 0 radical (unpaired) electrons. The van der Waals surface area contributed by atoms with Gasteiger partial charge in [-0.1, -0.05) is 18.7 Å². The van der Waals surface area contributed by atoms with E-state index in [9.17, 15) is 14.9 Å². The number of para-hydroxylation sites is 1. The van der Waals surface area contributed by atoms with Crippen molar-refractivity contribution in [3.8, 4) is 6.07 Å². The van der Waals surface area contributed by atoms with Crippen molar-refractivity contribution in [3.63, 3.8) is 0 Å². The first kappa shape index (κ1) is 27.2. The van der Waals surface area contributed by atoms with Gasteiger partial charge in [-0.2, -0.15) is 10.2 Å². The van der Waals surface area contributed by atoms with E-state index in [0.717, 1.165) is 43.0 Å². The average molecular weight is 564 g/mol. The van der Waals surface area contributed by atoms with E-state index in [0.29, 0.717) is 42.5 Å². The molecule has 1 fully saturated rings. The molecular weight excluding hydrogens is 530 g/mol. The van der Waals surface area contributed by atoms with Crippen molar-refractivity contribution < 1.29 is 9.59 Å². The third-order valence-corrected chi connectivity index (χ3v) is 8.28. The van der Waals surface area contributed by atoms with Crippen LogP contribution >= 0.6 is 0 Å². The third kappa shape index (κ3) is 4.90. The molecule has 0 bridgehead atoms. The molecule has 1 saturated heterocycles. The van der Waals surface area contributed by atoms with E-state index in [-0.39, 0.29) is 18.0 Å². The van der Waals surface area contributed by atoms with Crippen LogP contribution in [-0.2, 0) is 11.3 Å². The summed E-state index contributed by atoms with van der Waals surface area (Å²) in [7, 11) is 3.85. The van der Waals surface area contributed by atoms with Crippen LogP contribution in [0.2, 0.25) is 0 Å². The molecule has 4 heterocycles. The zero-order valence-electron chi connectivity index (χ0n) is 23.8. The van der Waals surface area contributed by atoms with E-state index < -0.39 is 0 Å². The van der Waals surface area contributed by atoms with Crippen LogP contribution in [0.5, 0.6) is 0 Å². The summed E-state index contributed by atoms with van der Waals surface area (Å²) >= 11 is 0. The first-order valence-electron chi connectivity index (χ1n) is 14.1. The normalized spacial score (nSPS) is 18.7. The number of nitrogens with one attached hydrogen (secondary N) is 1. The number of amides is 3. The van der Waals surface area contributed by atoms with Gasteiger partial charge in [-0.3, -0.25) is 9.69 Å². The molecule has 3 aliphatic rings. The molecule has 2 aromatic carbocycles. The topological polar surface area (TPSA) is 112 Å². The summed E-state index contributed by atoms with van der Waals surface area (Å²) < 4.78 is 0. The van der Waals surface area contributed by atoms with Crippen molar-refractivity contribution in [2.75, 3.05) is 66.8 Å². The molecule has 42 heavy (non-hydrogen) atoms. The maximum atomic E-state index is 13.7. The molecule has 6 rings (SSSR count). The van der Waals surface area contributed by atoms with Gasteiger partial charge in [0.15, 0.2) is 0 Å². The summed E-state index contributed by atoms with van der Waals surface area (Å²) in [6.07, 6.45) is 3.53. The average Bonchev–Trinajstić information content (AvgIpc) is 3.02. The number of aromatic nitrogens is 2. The summed E-state index contributed by atoms with van der Waals surface area (Å²) in [5.41, 5.74) is 4.56. The molecule has 3 amide bonds. The Balaban J connectivity index is 1.22. The van der Waals surface area contributed by atoms with Gasteiger partial charge in [0.1, 0.15) is 11.9 Å². The Kier molecular flexibility index (Phi) is 7.22. The predicted octanol–water partition coefficient (Wildman–Crippen LogP) is 3.88. The molecule has 0 saturated carbocycles. The van der Waals surface area contributed by atoms with Gasteiger partial charge in [-0.25, -0.2) is 9.78 Å². The Morgan fingerprint density at radius 1 is 1.10 bits per heavy atom. The summed E-state index contributed by atoms with van der Waals surface area (Å²) in [5, 5.41) is 13.0. The van der Waals surface area contributed by atoms with Crippen LogP contribution in [0.3, 0.4) is 0 Å². The maximum absolute atomic E-state index is 13.7. The molecule has 1 aromatic heterocycles. The van der Waals surface area contributed by atoms with Gasteiger partial charge < -0.3 is 24.9 Å². The minimum absolute atomic E-state index is 0.203. The first-order valence-corrected chi connectivity index (χ1v) is 14.1. The second-order valence-corrected chi connectivity index (χ2v) is 10.8. The standard InChI is InChI=1S/C31H33N9O2/c1-4-27(41)39-13-12-26(25-7-5-6-21(18-32)28(25)39)40-20-22-19-33-30(35-29(22)37(3)31(40)42)34-23-8-10-24(11-9-23)38-16-14-36(2)15-17-38/h4-11,19,26H,1,12-17,20H2,2-3H3,(H,33,34,35). The highest BCUT2D eigenvalue weighted by Crippen LogP contribution is 2.42. The number of hydrogen-bond donors (Lipinski definition) is 1. The fraction of sp³-hybridized carbons (Fsp3) is 0.323. The maximum Gasteiger partial charge on any atom is 0.326 e. The number of benzene rings is 2. The van der Waals surface area contributed by atoms with Crippen molar-refractivity contribution in [1.82, 2.24) is 19.8 Å². The van der Waals surface area contributed by atoms with Gasteiger partial charge in [-0.15, -0.1) is 0 Å². The highest BCUT2D eigenvalue weighted by Gasteiger charge is 2.39. The van der Waals surface area contributed by atoms with Gasteiger partial charge in [0.2, 0.25) is 11.9 Å². The number of likely N-dealkylation sites (N-methyl/N-ethyl adjacent to an activating group) is 1. The van der Waals surface area contributed by atoms with Crippen LogP contribution in [0.4, 0.5) is 33.6 Å². The van der Waals surface area contributed by atoms with Crippen molar-refractivity contribution >= 4 is 40.8 Å². The summed E-state index contributed by atoms with van der Waals surface area (Å²) in [4.78, 5) is 45.2. The van der Waals surface area contributed by atoms with Crippen molar-refractivity contribution in [3.05, 3.63) is 78.0 Å². The number of fused-ring (bicyclic) bond motifs is 2. The molecule has 11 nitrogen and oxygen atoms in total. The van der Waals surface area contributed by atoms with Crippen molar-refractivity contribution in [2.45, 2.75) is 19.0 Å². The lowest BCUT2D eigenvalue weighted by atomic mass is 9.91. The minimum atomic E-state index is -0.318. The SMILES string of the molecule is C=CC(=O)N1CCC(N2Cc3cnc(Nc4ccc(N5CCN(C)CC5)cc4)nc3N(C)C2=O)c2cccc(C#N)c21. The van der Waals surface area contributed by atoms with E-state index in [1.807, 2.05) is 18.2 Å². The highest BCUT2D eigenvalue weighted by molar-refractivity contribution is 6.03. The number of nitrogens with zero attached hydrogens (tertiary/aromatic N) is 8. The zero-order chi connectivity index (χ0) is 29.4. The van der Waals surface area contributed by atoms with Crippen LogP contribution in [0.25, 0.3) is 0 Å². The van der Waals surface area contributed by atoms with E-state index in [2.05, 4.69) is 51.9 Å². The van der Waals surface area contributed by atoms with Gasteiger partial charge in [0.25, 0.3) is 0 Å². The van der Waals surface area contributed by atoms with Crippen LogP contribution in [0.15, 0.2) is 61.3 Å². The number of anilines is 5. The van der Waals surface area contributed by atoms with Gasteiger partial charge in [0, 0.05) is 62.9 Å². The third-order valence-electron chi connectivity index (χ3n) is 8.28. The fourth-order valence-corrected chi connectivity index (χ4v) is 5.98. The van der Waals surface area contributed by atoms with Gasteiger partial charge in [0.05, 0.1) is 23.8 Å². The van der Waals surface area contributed by atoms with Crippen molar-refractivity contribution in [2.24, 2.45) is 0 Å². The largest absolute Gasteiger partial charge is 0.369 e. The molecule has 1 unspecified atom stereocenters. The van der Waals surface area contributed by atoms with E-state index in [1.54, 1.807) is 35.2 Å². The minimum Gasteiger partial charge on any atom is -0.369 e. The number of rotatable bonds is 5. The highest BCUT2D eigenvalue weighted by atomic mass is 16.2. The van der Waals surface area contributed by atoms with E-state index in [4.69, 9.17) is 4.98 Å². The van der Waals surface area contributed by atoms with Gasteiger partial charge >= 0.3 is 6.03 Å². The van der Waals surface area contributed by atoms with Gasteiger partial charge in [-0.05, 0) is 55.4 Å². The molecular formula is C31H33N9O2. The second kappa shape index (κ2) is 11.1. The number of urea groups is 1. The smallest absolute Gasteiger partial charge is 0.326 e. The fourth-order valence-electron chi connectivity index (χ4n) is 5.98. The molecule has 3 aromatic rings. The van der Waals surface area contributed by atoms with E-state index in [1.165, 1.54) is 16.7 Å². The number of carbonyl (C=O) groups excluding carboxylic acids is 2. The van der Waals surface area contributed by atoms with Crippen LogP contribution in [0.1, 0.15) is 29.2 Å². The Hall–Kier alpha value is -4.95. The number of carbonyl (C=O) groups is 2. The molecule has 0 spiro atoms. The molecule has 3 aliphatic heterocycles. The van der Waals surface area contributed by atoms with Crippen LogP contribution < -0.4 is 20.0 Å². The van der Waals surface area contributed by atoms with Crippen molar-refractivity contribution in [1.29, 1.82) is 5.26 Å². The Labute approximate surface area is 245 Å². The number of hydrogen-bond acceptors (Lipinski definition) is 8. The number of piperazine rings is 1.